The van der Waals surface area contributed by atoms with E-state index < -0.39 is 34.2 Å². The quantitative estimate of drug-likeness (QED) is 0.332. The smallest absolute Gasteiger partial charge is 0.336 e. The number of hydrogen-bond donors (Lipinski definition) is 3. The minimum absolute atomic E-state index is 0.0684. The number of nitrogens with one attached hydrogen (secondary N) is 1. The van der Waals surface area contributed by atoms with E-state index >= 15 is 0 Å². The van der Waals surface area contributed by atoms with E-state index in [1.54, 1.807) is 6.07 Å². The van der Waals surface area contributed by atoms with Gasteiger partial charge < -0.3 is 19.8 Å². The first-order valence-corrected chi connectivity index (χ1v) is 15.0. The van der Waals surface area contributed by atoms with Gasteiger partial charge in [0.25, 0.3) is 0 Å². The van der Waals surface area contributed by atoms with Crippen LogP contribution in [0.1, 0.15) is 52.4 Å². The lowest BCUT2D eigenvalue weighted by atomic mass is 9.87. The molecule has 2 aromatic carbocycles. The largest absolute Gasteiger partial charge is 0.489 e. The molecule has 1 atom stereocenters. The summed E-state index contributed by atoms with van der Waals surface area (Å²) in [5.41, 5.74) is 0.774. The molecule has 1 aliphatic heterocycles. The highest BCUT2D eigenvalue weighted by Gasteiger charge is 2.42. The van der Waals surface area contributed by atoms with Gasteiger partial charge in [-0.2, -0.15) is 0 Å². The summed E-state index contributed by atoms with van der Waals surface area (Å²) in [7, 11) is -3.95. The van der Waals surface area contributed by atoms with Crippen LogP contribution in [0.25, 0.3) is 0 Å². The highest BCUT2D eigenvalue weighted by atomic mass is 32.2. The molecule has 1 aliphatic rings. The average Bonchev–Trinajstić information content (AvgIpc) is 2.96. The van der Waals surface area contributed by atoms with E-state index in [0.717, 1.165) is 31.4 Å². The van der Waals surface area contributed by atoms with Crippen LogP contribution < -0.4 is 14.4 Å². The molecule has 0 saturated carbocycles. The number of thioether (sulfide) groups is 1. The summed E-state index contributed by atoms with van der Waals surface area (Å²) < 4.78 is 36.4. The van der Waals surface area contributed by atoms with E-state index in [4.69, 9.17) is 9.84 Å². The molecule has 198 valence electrons. The van der Waals surface area contributed by atoms with Crippen LogP contribution in [0.3, 0.4) is 0 Å². The van der Waals surface area contributed by atoms with Crippen molar-refractivity contribution in [1.29, 1.82) is 0 Å². The highest BCUT2D eigenvalue weighted by Crippen LogP contribution is 2.44. The number of para-hydroxylation sites is 1. The van der Waals surface area contributed by atoms with Crippen LogP contribution >= 0.6 is 11.8 Å². The molecular weight excluding hydrogens is 500 g/mol. The summed E-state index contributed by atoms with van der Waals surface area (Å²) in [4.78, 5) is 13.8. The predicted molar refractivity (Wildman–Crippen MR) is 143 cm³/mol. The first-order chi connectivity index (χ1) is 17.2. The monoisotopic (exact) mass is 536 g/mol. The van der Waals surface area contributed by atoms with Gasteiger partial charge >= 0.3 is 5.97 Å². The number of anilines is 2. The topological polar surface area (TPSA) is 116 Å². The van der Waals surface area contributed by atoms with Crippen molar-refractivity contribution in [1.82, 2.24) is 4.72 Å². The molecule has 0 aliphatic carbocycles. The molecule has 3 N–H and O–H groups in total. The lowest BCUT2D eigenvalue weighted by molar-refractivity contribution is -0.148. The predicted octanol–water partition coefficient (Wildman–Crippen LogP) is 4.78. The van der Waals surface area contributed by atoms with E-state index in [1.165, 1.54) is 17.8 Å². The van der Waals surface area contributed by atoms with Crippen LogP contribution in [0.2, 0.25) is 0 Å². The van der Waals surface area contributed by atoms with Gasteiger partial charge in [0.1, 0.15) is 17.3 Å². The zero-order chi connectivity index (χ0) is 26.3. The number of fused-ring (bicyclic) bond motifs is 1. The van der Waals surface area contributed by atoms with E-state index in [0.29, 0.717) is 30.0 Å². The van der Waals surface area contributed by atoms with Crippen LogP contribution in [-0.2, 0) is 14.8 Å². The molecule has 0 saturated heterocycles. The number of carboxylic acids is 1. The number of aliphatic hydroxyl groups is 1. The third kappa shape index (κ3) is 6.53. The number of rotatable bonds is 12. The van der Waals surface area contributed by atoms with Gasteiger partial charge in [-0.25, -0.2) is 17.9 Å². The van der Waals surface area contributed by atoms with Crippen molar-refractivity contribution in [3.05, 3.63) is 42.5 Å². The van der Waals surface area contributed by atoms with Gasteiger partial charge in [-0.3, -0.25) is 0 Å². The van der Waals surface area contributed by atoms with Gasteiger partial charge in [-0.05, 0) is 37.3 Å². The standard InChI is InChI=1S/C26H36N2O6S2/c1-4-6-13-26(14-7-5-2)18-28(19-11-9-8-10-12-19)20-15-23(35-3)22(34-17-21(29)25(30)31)16-24(20)36(32,33)27-26/h8-12,15-16,21,27,29H,4-7,13-14,17-18H2,1-3H3,(H,30,31)/t21-/m1/s1. The number of sulfonamides is 1. The van der Waals surface area contributed by atoms with E-state index in [-0.39, 0.29) is 10.6 Å². The Labute approximate surface area is 218 Å². The van der Waals surface area contributed by atoms with E-state index in [2.05, 4.69) is 23.5 Å². The minimum atomic E-state index is -3.95. The molecule has 10 heteroatoms. The molecule has 0 aromatic heterocycles. The Morgan fingerprint density at radius 1 is 1.17 bits per heavy atom. The Balaban J connectivity index is 2.19. The van der Waals surface area contributed by atoms with Gasteiger partial charge in [-0.1, -0.05) is 57.7 Å². The normalized spacial score (nSPS) is 17.2. The maximum atomic E-state index is 13.9. The Bertz CT molecular complexity index is 1130. The molecule has 0 fully saturated rings. The Morgan fingerprint density at radius 2 is 1.81 bits per heavy atom. The second-order valence-electron chi connectivity index (χ2n) is 9.15. The number of hydrogen-bond acceptors (Lipinski definition) is 7. The SMILES string of the molecule is CCCCC1(CCCC)CN(c2ccccc2)c2cc(SC)c(OC[C@@H](O)C(=O)O)cc2S(=O)(=O)N1. The molecule has 0 radical (unpaired) electrons. The Hall–Kier alpha value is -2.27. The van der Waals surface area contributed by atoms with Crippen molar-refractivity contribution in [2.75, 3.05) is 24.3 Å². The fourth-order valence-electron chi connectivity index (χ4n) is 4.48. The van der Waals surface area contributed by atoms with Crippen LogP contribution in [-0.4, -0.2) is 55.7 Å². The number of benzene rings is 2. The van der Waals surface area contributed by atoms with Crippen molar-refractivity contribution < 1.29 is 28.2 Å². The number of aliphatic carboxylic acids is 1. The third-order valence-electron chi connectivity index (χ3n) is 6.40. The molecule has 0 amide bonds. The molecule has 36 heavy (non-hydrogen) atoms. The first-order valence-electron chi connectivity index (χ1n) is 12.3. The highest BCUT2D eigenvalue weighted by molar-refractivity contribution is 7.98. The molecule has 1 heterocycles. The van der Waals surface area contributed by atoms with Gasteiger partial charge in [0.2, 0.25) is 10.0 Å². The fraction of sp³-hybridized carbons (Fsp3) is 0.500. The fourth-order valence-corrected chi connectivity index (χ4v) is 6.69. The summed E-state index contributed by atoms with van der Waals surface area (Å²) in [5.74, 6) is -1.19. The van der Waals surface area contributed by atoms with Crippen LogP contribution in [0.4, 0.5) is 11.4 Å². The molecule has 2 aromatic rings. The minimum Gasteiger partial charge on any atom is -0.489 e. The third-order valence-corrected chi connectivity index (χ3v) is 8.77. The lowest BCUT2D eigenvalue weighted by Crippen LogP contribution is -2.53. The summed E-state index contributed by atoms with van der Waals surface area (Å²) in [6.07, 6.45) is 5.23. The number of carbonyl (C=O) groups is 1. The number of unbranched alkanes of at least 4 members (excludes halogenated alkanes) is 2. The number of aliphatic hydroxyl groups excluding tert-OH is 1. The van der Waals surface area contributed by atoms with Crippen molar-refractivity contribution in [3.8, 4) is 5.75 Å². The van der Waals surface area contributed by atoms with E-state index in [1.807, 2.05) is 36.6 Å². The zero-order valence-corrected chi connectivity index (χ0v) is 22.7. The maximum Gasteiger partial charge on any atom is 0.336 e. The van der Waals surface area contributed by atoms with Gasteiger partial charge in [0.15, 0.2) is 6.10 Å². The van der Waals surface area contributed by atoms with Gasteiger partial charge in [0.05, 0.1) is 16.1 Å². The molecule has 0 spiro atoms. The van der Waals surface area contributed by atoms with Crippen LogP contribution in [0, 0.1) is 0 Å². The molecule has 0 unspecified atom stereocenters. The van der Waals surface area contributed by atoms with Crippen molar-refractivity contribution >= 4 is 39.1 Å². The Morgan fingerprint density at radius 3 is 2.36 bits per heavy atom. The van der Waals surface area contributed by atoms with Crippen molar-refractivity contribution in [2.45, 2.75) is 73.8 Å². The zero-order valence-electron chi connectivity index (χ0n) is 21.1. The second-order valence-corrected chi connectivity index (χ2v) is 11.6. The van der Waals surface area contributed by atoms with E-state index in [9.17, 15) is 18.3 Å². The second kappa shape index (κ2) is 12.3. The maximum absolute atomic E-state index is 13.9. The lowest BCUT2D eigenvalue weighted by Gasteiger charge is -2.37. The summed E-state index contributed by atoms with van der Waals surface area (Å²) >= 11 is 1.36. The van der Waals surface area contributed by atoms with Crippen LogP contribution in [0.5, 0.6) is 5.75 Å². The first kappa shape index (κ1) is 28.3. The number of carboxylic acid groups (broad SMARTS) is 1. The summed E-state index contributed by atoms with van der Waals surface area (Å²) in [6.45, 7) is 4.19. The number of ether oxygens (including phenoxy) is 1. The Kier molecular flexibility index (Phi) is 9.68. The summed E-state index contributed by atoms with van der Waals surface area (Å²) in [5, 5.41) is 18.7. The van der Waals surface area contributed by atoms with Gasteiger partial charge in [0, 0.05) is 18.3 Å². The molecule has 3 rings (SSSR count). The van der Waals surface area contributed by atoms with Gasteiger partial charge in [-0.15, -0.1) is 11.8 Å². The van der Waals surface area contributed by atoms with Crippen molar-refractivity contribution in [3.63, 3.8) is 0 Å². The molecular formula is C26H36N2O6S2. The number of nitrogens with zero attached hydrogens (tertiary/aromatic N) is 1. The molecule has 0 bridgehead atoms. The summed E-state index contributed by atoms with van der Waals surface area (Å²) in [6, 6.07) is 13.0. The van der Waals surface area contributed by atoms with Crippen LogP contribution in [0.15, 0.2) is 52.3 Å². The van der Waals surface area contributed by atoms with Crippen molar-refractivity contribution in [2.24, 2.45) is 0 Å². The molecule has 8 nitrogen and oxygen atoms in total. The average molecular weight is 537 g/mol.